The number of hydrogen-bond acceptors (Lipinski definition) is 6. The highest BCUT2D eigenvalue weighted by Gasteiger charge is 2.27. The third kappa shape index (κ3) is 4.05. The van der Waals surface area contributed by atoms with E-state index in [9.17, 15) is 0 Å². The molecule has 35 heavy (non-hydrogen) atoms. The summed E-state index contributed by atoms with van der Waals surface area (Å²) in [7, 11) is 0. The first-order valence-electron chi connectivity index (χ1n) is 11.1. The summed E-state index contributed by atoms with van der Waals surface area (Å²) in [6.45, 7) is 0. The van der Waals surface area contributed by atoms with Gasteiger partial charge >= 0.3 is 0 Å². The molecule has 0 spiro atoms. The van der Waals surface area contributed by atoms with Gasteiger partial charge in [-0.3, -0.25) is 4.98 Å². The van der Waals surface area contributed by atoms with Crippen LogP contribution < -0.4 is 15.5 Å². The molecule has 1 atom stereocenters. The number of halogens is 1. The number of anilines is 1. The second-order valence-corrected chi connectivity index (χ2v) is 9.03. The van der Waals surface area contributed by atoms with Crippen LogP contribution in [0.3, 0.4) is 0 Å². The van der Waals surface area contributed by atoms with Gasteiger partial charge in [-0.2, -0.15) is 5.10 Å². The van der Waals surface area contributed by atoms with E-state index >= 15 is 0 Å². The molecular formula is C28H20BrN5O. The smallest absolute Gasteiger partial charge is 0.156 e. The highest BCUT2D eigenvalue weighted by molar-refractivity contribution is 9.10. The summed E-state index contributed by atoms with van der Waals surface area (Å²) in [6.07, 6.45) is 3.04. The van der Waals surface area contributed by atoms with E-state index < -0.39 is 6.17 Å². The van der Waals surface area contributed by atoms with Gasteiger partial charge < -0.3 is 10.5 Å². The SMILES string of the molecule is NC1c2ccccc2C(c2ccccc2)=NN1c1ccc(Oc2ccnc3cc(Br)cnc23)cc1. The van der Waals surface area contributed by atoms with Gasteiger partial charge in [0.2, 0.25) is 0 Å². The van der Waals surface area contributed by atoms with Crippen molar-refractivity contribution in [2.45, 2.75) is 6.17 Å². The summed E-state index contributed by atoms with van der Waals surface area (Å²) < 4.78 is 7.01. The van der Waals surface area contributed by atoms with Gasteiger partial charge in [0.15, 0.2) is 5.75 Å². The molecule has 3 heterocycles. The molecule has 0 radical (unpaired) electrons. The number of ether oxygens (including phenoxy) is 1. The molecule has 0 aliphatic carbocycles. The van der Waals surface area contributed by atoms with Gasteiger partial charge in [-0.05, 0) is 46.3 Å². The quantitative estimate of drug-likeness (QED) is 0.295. The number of rotatable bonds is 4. The van der Waals surface area contributed by atoms with Crippen LogP contribution in [0, 0.1) is 0 Å². The van der Waals surface area contributed by atoms with Gasteiger partial charge in [0.1, 0.15) is 17.4 Å². The van der Waals surface area contributed by atoms with Crippen LogP contribution in [0.1, 0.15) is 22.9 Å². The van der Waals surface area contributed by atoms with Crippen molar-refractivity contribution >= 4 is 38.4 Å². The Bertz CT molecular complexity index is 1550. The number of aromatic nitrogens is 2. The van der Waals surface area contributed by atoms with Crippen molar-refractivity contribution in [2.75, 3.05) is 5.01 Å². The fraction of sp³-hybridized carbons (Fsp3) is 0.0357. The lowest BCUT2D eigenvalue weighted by molar-refractivity contribution is 0.486. The number of nitrogens with two attached hydrogens (primary N) is 1. The molecule has 6 nitrogen and oxygen atoms in total. The van der Waals surface area contributed by atoms with Crippen molar-refractivity contribution in [3.63, 3.8) is 0 Å². The maximum absolute atomic E-state index is 6.67. The van der Waals surface area contributed by atoms with E-state index in [1.54, 1.807) is 12.4 Å². The Morgan fingerprint density at radius 3 is 2.46 bits per heavy atom. The van der Waals surface area contributed by atoms with Gasteiger partial charge in [0, 0.05) is 39.6 Å². The number of nitrogens with zero attached hydrogens (tertiary/aromatic N) is 4. The first kappa shape index (κ1) is 21.5. The Morgan fingerprint density at radius 1 is 0.857 bits per heavy atom. The van der Waals surface area contributed by atoms with Gasteiger partial charge in [-0.1, -0.05) is 54.6 Å². The molecule has 0 saturated carbocycles. The number of fused-ring (bicyclic) bond motifs is 2. The molecule has 0 fully saturated rings. The van der Waals surface area contributed by atoms with Crippen LogP contribution in [-0.2, 0) is 0 Å². The first-order valence-corrected chi connectivity index (χ1v) is 11.9. The number of benzene rings is 3. The average molecular weight is 522 g/mol. The second-order valence-electron chi connectivity index (χ2n) is 8.12. The van der Waals surface area contributed by atoms with Gasteiger partial charge in [-0.15, -0.1) is 0 Å². The van der Waals surface area contributed by atoms with E-state index in [0.29, 0.717) is 17.0 Å². The molecular weight excluding hydrogens is 502 g/mol. The molecule has 1 aliphatic rings. The molecule has 7 heteroatoms. The van der Waals surface area contributed by atoms with E-state index in [2.05, 4.69) is 50.2 Å². The van der Waals surface area contributed by atoms with Gasteiger partial charge in [-0.25, -0.2) is 9.99 Å². The molecule has 2 aromatic heterocycles. The van der Waals surface area contributed by atoms with Crippen molar-refractivity contribution in [3.05, 3.63) is 125 Å². The first-order chi connectivity index (χ1) is 17.2. The van der Waals surface area contributed by atoms with E-state index in [-0.39, 0.29) is 0 Å². The van der Waals surface area contributed by atoms with E-state index in [0.717, 1.165) is 38.1 Å². The minimum atomic E-state index is -0.405. The average Bonchev–Trinajstić information content (AvgIpc) is 2.90. The Hall–Kier alpha value is -4.07. The van der Waals surface area contributed by atoms with Crippen LogP contribution in [0.5, 0.6) is 11.5 Å². The molecule has 0 amide bonds. The van der Waals surface area contributed by atoms with Crippen LogP contribution in [0.15, 0.2) is 113 Å². The summed E-state index contributed by atoms with van der Waals surface area (Å²) in [5.74, 6) is 1.33. The standard InChI is InChI=1S/C28H20BrN5O/c29-19-16-24-27(32-17-19)25(14-15-31-24)35-21-12-10-20(11-13-21)34-28(30)23-9-5-4-8-22(23)26(33-34)18-6-2-1-3-7-18/h1-17,28H,30H2. The van der Waals surface area contributed by atoms with Crippen molar-refractivity contribution in [2.24, 2.45) is 10.8 Å². The summed E-state index contributed by atoms with van der Waals surface area (Å²) in [5.41, 5.74) is 13.0. The highest BCUT2D eigenvalue weighted by Crippen LogP contribution is 2.34. The zero-order chi connectivity index (χ0) is 23.8. The van der Waals surface area contributed by atoms with Crippen LogP contribution in [0.2, 0.25) is 0 Å². The molecule has 5 aromatic rings. The molecule has 170 valence electrons. The van der Waals surface area contributed by atoms with Crippen LogP contribution in [-0.4, -0.2) is 15.7 Å². The molecule has 1 unspecified atom stereocenters. The Balaban J connectivity index is 1.34. The fourth-order valence-corrected chi connectivity index (χ4v) is 4.53. The lowest BCUT2D eigenvalue weighted by Gasteiger charge is -2.33. The monoisotopic (exact) mass is 521 g/mol. The molecule has 1 aliphatic heterocycles. The number of hydrazone groups is 1. The van der Waals surface area contributed by atoms with Crippen LogP contribution >= 0.6 is 15.9 Å². The Kier molecular flexibility index (Phi) is 5.48. The summed E-state index contributed by atoms with van der Waals surface area (Å²) in [5, 5.41) is 6.83. The van der Waals surface area contributed by atoms with Crippen LogP contribution in [0.4, 0.5) is 5.69 Å². The predicted octanol–water partition coefficient (Wildman–Crippen LogP) is 6.41. The highest BCUT2D eigenvalue weighted by atomic mass is 79.9. The maximum atomic E-state index is 6.67. The van der Waals surface area contributed by atoms with Gasteiger partial charge in [0.05, 0.1) is 16.9 Å². The summed E-state index contributed by atoms with van der Waals surface area (Å²) in [6, 6.07) is 29.8. The van der Waals surface area contributed by atoms with E-state index in [4.69, 9.17) is 15.6 Å². The Labute approximate surface area is 210 Å². The molecule has 0 saturated heterocycles. The van der Waals surface area contributed by atoms with Crippen molar-refractivity contribution in [1.82, 2.24) is 9.97 Å². The van der Waals surface area contributed by atoms with E-state index in [1.165, 1.54) is 0 Å². The third-order valence-corrected chi connectivity index (χ3v) is 6.32. The van der Waals surface area contributed by atoms with Crippen molar-refractivity contribution < 1.29 is 4.74 Å². The normalized spacial score (nSPS) is 15.0. The molecule has 3 aromatic carbocycles. The lowest BCUT2D eigenvalue weighted by Crippen LogP contribution is -2.36. The molecule has 2 N–H and O–H groups in total. The zero-order valence-corrected chi connectivity index (χ0v) is 20.1. The second kappa shape index (κ2) is 8.94. The number of hydrogen-bond donors (Lipinski definition) is 1. The fourth-order valence-electron chi connectivity index (χ4n) is 4.21. The molecule has 6 rings (SSSR count). The topological polar surface area (TPSA) is 76.6 Å². The maximum Gasteiger partial charge on any atom is 0.156 e. The minimum absolute atomic E-state index is 0.405. The minimum Gasteiger partial charge on any atom is -0.455 e. The van der Waals surface area contributed by atoms with Gasteiger partial charge in [0.25, 0.3) is 0 Å². The van der Waals surface area contributed by atoms with Crippen molar-refractivity contribution in [1.29, 1.82) is 0 Å². The lowest BCUT2D eigenvalue weighted by atomic mass is 9.94. The third-order valence-electron chi connectivity index (χ3n) is 5.89. The Morgan fingerprint density at radius 2 is 1.63 bits per heavy atom. The zero-order valence-electron chi connectivity index (χ0n) is 18.5. The summed E-state index contributed by atoms with van der Waals surface area (Å²) in [4.78, 5) is 8.83. The van der Waals surface area contributed by atoms with Crippen molar-refractivity contribution in [3.8, 4) is 11.5 Å². The summed E-state index contributed by atoms with van der Waals surface area (Å²) >= 11 is 3.43. The predicted molar refractivity (Wildman–Crippen MR) is 142 cm³/mol. The number of pyridine rings is 2. The van der Waals surface area contributed by atoms with E-state index in [1.807, 2.05) is 71.7 Å². The molecule has 0 bridgehead atoms. The largest absolute Gasteiger partial charge is 0.455 e. The van der Waals surface area contributed by atoms with Crippen LogP contribution in [0.25, 0.3) is 11.0 Å².